The number of carbonyl (C=O) groups excluding carboxylic acids is 1. The summed E-state index contributed by atoms with van der Waals surface area (Å²) < 4.78 is 5.06. The second-order valence-electron chi connectivity index (χ2n) is 3.97. The van der Waals surface area contributed by atoms with Crippen LogP contribution in [0.25, 0.3) is 0 Å². The van der Waals surface area contributed by atoms with Crippen LogP contribution in [0.1, 0.15) is 18.9 Å². The third-order valence-corrected chi connectivity index (χ3v) is 2.93. The summed E-state index contributed by atoms with van der Waals surface area (Å²) in [5.41, 5.74) is 0.995. The molecule has 0 aromatic heterocycles. The van der Waals surface area contributed by atoms with E-state index in [1.165, 1.54) is 0 Å². The van der Waals surface area contributed by atoms with Crippen molar-refractivity contribution < 1.29 is 9.53 Å². The Balaban J connectivity index is 2.44. The van der Waals surface area contributed by atoms with E-state index >= 15 is 0 Å². The third-order valence-electron chi connectivity index (χ3n) is 2.47. The van der Waals surface area contributed by atoms with Crippen molar-refractivity contribution in [3.05, 3.63) is 29.8 Å². The van der Waals surface area contributed by atoms with Crippen LogP contribution in [-0.4, -0.2) is 24.4 Å². The minimum atomic E-state index is 0.0589. The lowest BCUT2D eigenvalue weighted by Crippen LogP contribution is -2.33. The maximum absolute atomic E-state index is 11.7. The standard InChI is InChI=1S/C13H18BrNO2/c1-10(7-8-14)15-13(16)9-11-3-5-12(17-2)6-4-11/h3-6,10H,7-9H2,1-2H3,(H,15,16). The summed E-state index contributed by atoms with van der Waals surface area (Å²) in [6.45, 7) is 2.01. The Hall–Kier alpha value is -1.03. The molecule has 1 atom stereocenters. The SMILES string of the molecule is COc1ccc(CC(=O)NC(C)CCBr)cc1. The minimum absolute atomic E-state index is 0.0589. The fourth-order valence-corrected chi connectivity index (χ4v) is 2.18. The molecule has 1 aromatic carbocycles. The molecule has 0 saturated carbocycles. The van der Waals surface area contributed by atoms with Crippen LogP contribution >= 0.6 is 15.9 Å². The molecule has 0 bridgehead atoms. The van der Waals surface area contributed by atoms with Crippen LogP contribution in [0.15, 0.2) is 24.3 Å². The first-order valence-corrected chi connectivity index (χ1v) is 6.76. The molecule has 94 valence electrons. The van der Waals surface area contributed by atoms with Crippen molar-refractivity contribution in [2.45, 2.75) is 25.8 Å². The predicted molar refractivity (Wildman–Crippen MR) is 72.7 cm³/mol. The molecule has 17 heavy (non-hydrogen) atoms. The first kappa shape index (κ1) is 14.0. The number of hydrogen-bond donors (Lipinski definition) is 1. The molecule has 0 aliphatic rings. The number of hydrogen-bond acceptors (Lipinski definition) is 2. The van der Waals surface area contributed by atoms with Gasteiger partial charge in [0.2, 0.25) is 5.91 Å². The highest BCUT2D eigenvalue weighted by molar-refractivity contribution is 9.09. The van der Waals surface area contributed by atoms with Gasteiger partial charge in [0.25, 0.3) is 0 Å². The Bertz CT molecular complexity index is 351. The van der Waals surface area contributed by atoms with Crippen LogP contribution in [0.3, 0.4) is 0 Å². The molecule has 1 N–H and O–H groups in total. The van der Waals surface area contributed by atoms with Crippen LogP contribution in [0.5, 0.6) is 5.75 Å². The van der Waals surface area contributed by atoms with Gasteiger partial charge >= 0.3 is 0 Å². The molecule has 0 aliphatic carbocycles. The summed E-state index contributed by atoms with van der Waals surface area (Å²) in [7, 11) is 1.63. The number of amides is 1. The van der Waals surface area contributed by atoms with Crippen molar-refractivity contribution in [3.63, 3.8) is 0 Å². The highest BCUT2D eigenvalue weighted by Crippen LogP contribution is 2.11. The monoisotopic (exact) mass is 299 g/mol. The van der Waals surface area contributed by atoms with Gasteiger partial charge in [0.15, 0.2) is 0 Å². The average Bonchev–Trinajstić information content (AvgIpc) is 2.30. The lowest BCUT2D eigenvalue weighted by atomic mass is 10.1. The number of carbonyl (C=O) groups is 1. The highest BCUT2D eigenvalue weighted by atomic mass is 79.9. The van der Waals surface area contributed by atoms with Gasteiger partial charge in [0, 0.05) is 11.4 Å². The molecule has 1 unspecified atom stereocenters. The summed E-state index contributed by atoms with van der Waals surface area (Å²) in [6.07, 6.45) is 1.35. The van der Waals surface area contributed by atoms with Crippen molar-refractivity contribution in [2.24, 2.45) is 0 Å². The molecule has 0 spiro atoms. The van der Waals surface area contributed by atoms with Gasteiger partial charge in [-0.05, 0) is 31.0 Å². The molecule has 0 saturated heterocycles. The number of halogens is 1. The van der Waals surface area contributed by atoms with Crippen LogP contribution < -0.4 is 10.1 Å². The Labute approximate surface area is 111 Å². The third kappa shape index (κ3) is 5.22. The summed E-state index contributed by atoms with van der Waals surface area (Å²) in [5, 5.41) is 3.86. The number of methoxy groups -OCH3 is 1. The van der Waals surface area contributed by atoms with Crippen molar-refractivity contribution in [1.82, 2.24) is 5.32 Å². The largest absolute Gasteiger partial charge is 0.497 e. The normalized spacial score (nSPS) is 11.9. The van der Waals surface area contributed by atoms with Gasteiger partial charge in [0.1, 0.15) is 5.75 Å². The van der Waals surface area contributed by atoms with E-state index in [1.807, 2.05) is 31.2 Å². The summed E-state index contributed by atoms with van der Waals surface area (Å²) in [6, 6.07) is 7.76. The summed E-state index contributed by atoms with van der Waals surface area (Å²) in [5.74, 6) is 0.866. The molecule has 1 rings (SSSR count). The molecular weight excluding hydrogens is 282 g/mol. The second kappa shape index (κ2) is 7.33. The number of rotatable bonds is 6. The van der Waals surface area contributed by atoms with Crippen LogP contribution in [0, 0.1) is 0 Å². The number of nitrogens with one attached hydrogen (secondary N) is 1. The maximum atomic E-state index is 11.7. The Morgan fingerprint density at radius 1 is 1.41 bits per heavy atom. The van der Waals surface area contributed by atoms with Crippen LogP contribution in [0.4, 0.5) is 0 Å². The quantitative estimate of drug-likeness (QED) is 0.820. The molecule has 4 heteroatoms. The van der Waals surface area contributed by atoms with E-state index in [0.29, 0.717) is 6.42 Å². The fourth-order valence-electron chi connectivity index (χ4n) is 1.49. The lowest BCUT2D eigenvalue weighted by molar-refractivity contribution is -0.121. The van der Waals surface area contributed by atoms with Gasteiger partial charge in [-0.3, -0.25) is 4.79 Å². The molecule has 3 nitrogen and oxygen atoms in total. The predicted octanol–water partition coefficient (Wildman–Crippen LogP) is 2.53. The number of ether oxygens (including phenoxy) is 1. The fraction of sp³-hybridized carbons (Fsp3) is 0.462. The molecule has 1 amide bonds. The van der Waals surface area contributed by atoms with Gasteiger partial charge in [-0.15, -0.1) is 0 Å². The summed E-state index contributed by atoms with van der Waals surface area (Å²) in [4.78, 5) is 11.7. The van der Waals surface area contributed by atoms with Crippen molar-refractivity contribution >= 4 is 21.8 Å². The van der Waals surface area contributed by atoms with Crippen molar-refractivity contribution in [1.29, 1.82) is 0 Å². The van der Waals surface area contributed by atoms with E-state index in [4.69, 9.17) is 4.74 Å². The van der Waals surface area contributed by atoms with Crippen molar-refractivity contribution in [3.8, 4) is 5.75 Å². The Morgan fingerprint density at radius 2 is 2.06 bits per heavy atom. The zero-order valence-electron chi connectivity index (χ0n) is 10.2. The zero-order chi connectivity index (χ0) is 12.7. The molecule has 0 radical (unpaired) electrons. The Morgan fingerprint density at radius 3 is 2.59 bits per heavy atom. The van der Waals surface area contributed by atoms with Crippen LogP contribution in [-0.2, 0) is 11.2 Å². The van der Waals surface area contributed by atoms with E-state index in [9.17, 15) is 4.79 Å². The minimum Gasteiger partial charge on any atom is -0.497 e. The van der Waals surface area contributed by atoms with E-state index < -0.39 is 0 Å². The number of benzene rings is 1. The van der Waals surface area contributed by atoms with E-state index in [0.717, 1.165) is 23.1 Å². The van der Waals surface area contributed by atoms with Gasteiger partial charge in [-0.25, -0.2) is 0 Å². The smallest absolute Gasteiger partial charge is 0.224 e. The first-order chi connectivity index (χ1) is 8.15. The van der Waals surface area contributed by atoms with Gasteiger partial charge in [-0.2, -0.15) is 0 Å². The topological polar surface area (TPSA) is 38.3 Å². The molecular formula is C13H18BrNO2. The Kier molecular flexibility index (Phi) is 6.05. The van der Waals surface area contributed by atoms with Gasteiger partial charge in [0.05, 0.1) is 13.5 Å². The zero-order valence-corrected chi connectivity index (χ0v) is 11.8. The van der Waals surface area contributed by atoms with Crippen molar-refractivity contribution in [2.75, 3.05) is 12.4 Å². The summed E-state index contributed by atoms with van der Waals surface area (Å²) >= 11 is 3.36. The molecule has 0 aliphatic heterocycles. The average molecular weight is 300 g/mol. The van der Waals surface area contributed by atoms with Gasteiger partial charge in [-0.1, -0.05) is 28.1 Å². The van der Waals surface area contributed by atoms with Crippen LogP contribution in [0.2, 0.25) is 0 Å². The van der Waals surface area contributed by atoms with E-state index in [-0.39, 0.29) is 11.9 Å². The molecule has 0 heterocycles. The maximum Gasteiger partial charge on any atom is 0.224 e. The number of alkyl halides is 1. The van der Waals surface area contributed by atoms with E-state index in [1.54, 1.807) is 7.11 Å². The highest BCUT2D eigenvalue weighted by Gasteiger charge is 2.07. The van der Waals surface area contributed by atoms with E-state index in [2.05, 4.69) is 21.2 Å². The molecule has 1 aromatic rings. The molecule has 0 fully saturated rings. The first-order valence-electron chi connectivity index (χ1n) is 5.64. The second-order valence-corrected chi connectivity index (χ2v) is 4.76. The lowest BCUT2D eigenvalue weighted by Gasteiger charge is -2.12. The van der Waals surface area contributed by atoms with Gasteiger partial charge < -0.3 is 10.1 Å².